The van der Waals surface area contributed by atoms with Gasteiger partial charge in [-0.3, -0.25) is 0 Å². The van der Waals surface area contributed by atoms with E-state index < -0.39 is 0 Å². The number of hydrogen-bond donors (Lipinski definition) is 0. The second kappa shape index (κ2) is 11.0. The summed E-state index contributed by atoms with van der Waals surface area (Å²) < 4.78 is 2.42. The Kier molecular flexibility index (Phi) is 6.18. The summed E-state index contributed by atoms with van der Waals surface area (Å²) >= 11 is 0. The van der Waals surface area contributed by atoms with Crippen molar-refractivity contribution in [2.75, 3.05) is 0 Å². The lowest BCUT2D eigenvalue weighted by Crippen LogP contribution is -1.96. The van der Waals surface area contributed by atoms with Gasteiger partial charge in [-0.1, -0.05) is 140 Å². The maximum absolute atomic E-state index is 5.25. The van der Waals surface area contributed by atoms with Crippen LogP contribution in [0.2, 0.25) is 0 Å². The molecular weight excluding hydrogens is 595 g/mol. The van der Waals surface area contributed by atoms with Gasteiger partial charge in [-0.25, -0.2) is 9.97 Å². The van der Waals surface area contributed by atoms with Crippen molar-refractivity contribution in [3.63, 3.8) is 0 Å². The first-order valence-corrected chi connectivity index (χ1v) is 16.7. The summed E-state index contributed by atoms with van der Waals surface area (Å²) in [4.78, 5) is 10.4. The molecule has 10 rings (SSSR count). The highest BCUT2D eigenvalue weighted by Gasteiger charge is 2.18. The minimum Gasteiger partial charge on any atom is -0.309 e. The summed E-state index contributed by atoms with van der Waals surface area (Å²) in [7, 11) is 0. The number of fused-ring (bicyclic) bond motifs is 8. The standard InChI is InChI=1S/C46H29N3/c1-3-14-32(15-4-1)45-46(33-16-5-2-6-17-33)48-40-29-35(22-25-39(40)47-45)34-18-11-19-36(28-34)49-41-26-23-30-12-7-9-20-37(30)43(41)44-38-21-10-8-13-31(38)24-27-42(44)49/h1-29H. The third kappa shape index (κ3) is 4.44. The van der Waals surface area contributed by atoms with Crippen LogP contribution in [0.15, 0.2) is 176 Å². The zero-order chi connectivity index (χ0) is 32.3. The molecule has 0 radical (unpaired) electrons. The van der Waals surface area contributed by atoms with Gasteiger partial charge >= 0.3 is 0 Å². The lowest BCUT2D eigenvalue weighted by molar-refractivity contribution is 1.18. The average molecular weight is 624 g/mol. The normalized spacial score (nSPS) is 11.7. The van der Waals surface area contributed by atoms with Crippen LogP contribution in [0.5, 0.6) is 0 Å². The Morgan fingerprint density at radius 2 is 0.857 bits per heavy atom. The number of rotatable bonds is 4. The molecule has 0 saturated heterocycles. The molecule has 228 valence electrons. The third-order valence-electron chi connectivity index (χ3n) is 9.74. The molecular formula is C46H29N3. The van der Waals surface area contributed by atoms with Gasteiger partial charge in [-0.2, -0.15) is 0 Å². The van der Waals surface area contributed by atoms with Crippen LogP contribution in [0.4, 0.5) is 0 Å². The van der Waals surface area contributed by atoms with Gasteiger partial charge in [0, 0.05) is 27.6 Å². The fraction of sp³-hybridized carbons (Fsp3) is 0. The van der Waals surface area contributed by atoms with Gasteiger partial charge in [0.15, 0.2) is 0 Å². The van der Waals surface area contributed by atoms with Crippen molar-refractivity contribution in [2.45, 2.75) is 0 Å². The Morgan fingerprint density at radius 3 is 1.47 bits per heavy atom. The summed E-state index contributed by atoms with van der Waals surface area (Å²) in [5.41, 5.74) is 11.4. The molecule has 2 aromatic heterocycles. The van der Waals surface area contributed by atoms with Gasteiger partial charge in [-0.15, -0.1) is 0 Å². The molecule has 3 nitrogen and oxygen atoms in total. The van der Waals surface area contributed by atoms with Gasteiger partial charge in [0.2, 0.25) is 0 Å². The van der Waals surface area contributed by atoms with Crippen LogP contribution >= 0.6 is 0 Å². The molecule has 10 aromatic rings. The molecule has 0 aliphatic carbocycles. The molecule has 0 aliphatic heterocycles. The van der Waals surface area contributed by atoms with Crippen molar-refractivity contribution in [3.8, 4) is 39.3 Å². The molecule has 0 N–H and O–H groups in total. The van der Waals surface area contributed by atoms with Crippen molar-refractivity contribution >= 4 is 54.4 Å². The Hall–Kier alpha value is -6.58. The lowest BCUT2D eigenvalue weighted by atomic mass is 10.00. The summed E-state index contributed by atoms with van der Waals surface area (Å²) in [6.45, 7) is 0. The largest absolute Gasteiger partial charge is 0.309 e. The number of aromatic nitrogens is 3. The topological polar surface area (TPSA) is 30.7 Å². The fourth-order valence-corrected chi connectivity index (χ4v) is 7.48. The van der Waals surface area contributed by atoms with E-state index in [2.05, 4.69) is 156 Å². The van der Waals surface area contributed by atoms with Crippen molar-refractivity contribution in [1.82, 2.24) is 14.5 Å². The number of benzene rings is 8. The van der Waals surface area contributed by atoms with Crippen molar-refractivity contribution in [2.24, 2.45) is 0 Å². The predicted molar refractivity (Wildman–Crippen MR) is 205 cm³/mol. The summed E-state index contributed by atoms with van der Waals surface area (Å²) in [6.07, 6.45) is 0. The molecule has 49 heavy (non-hydrogen) atoms. The quantitative estimate of drug-likeness (QED) is 0.195. The molecule has 0 amide bonds. The van der Waals surface area contributed by atoms with Crippen LogP contribution in [-0.4, -0.2) is 14.5 Å². The van der Waals surface area contributed by atoms with E-state index in [-0.39, 0.29) is 0 Å². The Morgan fingerprint density at radius 1 is 0.347 bits per heavy atom. The summed E-state index contributed by atoms with van der Waals surface area (Å²) in [5.74, 6) is 0. The van der Waals surface area contributed by atoms with Gasteiger partial charge in [0.05, 0.1) is 33.5 Å². The fourth-order valence-electron chi connectivity index (χ4n) is 7.48. The maximum Gasteiger partial charge on any atom is 0.0973 e. The minimum atomic E-state index is 0.872. The summed E-state index contributed by atoms with van der Waals surface area (Å²) in [6, 6.07) is 62.5. The molecule has 2 heterocycles. The monoisotopic (exact) mass is 623 g/mol. The molecule has 0 saturated carbocycles. The molecule has 0 bridgehead atoms. The van der Waals surface area contributed by atoms with Gasteiger partial charge < -0.3 is 4.57 Å². The van der Waals surface area contributed by atoms with Crippen LogP contribution < -0.4 is 0 Å². The van der Waals surface area contributed by atoms with Gasteiger partial charge in [0.1, 0.15) is 0 Å². The van der Waals surface area contributed by atoms with E-state index in [0.717, 1.165) is 50.4 Å². The van der Waals surface area contributed by atoms with Gasteiger partial charge in [-0.05, 0) is 69.1 Å². The molecule has 0 fully saturated rings. The van der Waals surface area contributed by atoms with E-state index in [1.54, 1.807) is 0 Å². The Labute approximate surface area is 283 Å². The number of hydrogen-bond acceptors (Lipinski definition) is 2. The second-order valence-corrected chi connectivity index (χ2v) is 12.6. The van der Waals surface area contributed by atoms with Crippen molar-refractivity contribution in [1.29, 1.82) is 0 Å². The lowest BCUT2D eigenvalue weighted by Gasteiger charge is -2.13. The zero-order valence-corrected chi connectivity index (χ0v) is 26.6. The van der Waals surface area contributed by atoms with Crippen LogP contribution in [0.1, 0.15) is 0 Å². The maximum atomic E-state index is 5.25. The molecule has 3 heteroatoms. The minimum absolute atomic E-state index is 0.872. The summed E-state index contributed by atoms with van der Waals surface area (Å²) in [5, 5.41) is 7.62. The second-order valence-electron chi connectivity index (χ2n) is 12.6. The molecule has 0 aliphatic rings. The van der Waals surface area contributed by atoms with E-state index >= 15 is 0 Å². The molecule has 8 aromatic carbocycles. The zero-order valence-electron chi connectivity index (χ0n) is 26.6. The first-order chi connectivity index (χ1) is 24.3. The van der Waals surface area contributed by atoms with E-state index in [1.807, 2.05) is 24.3 Å². The molecule has 0 unspecified atom stereocenters. The van der Waals surface area contributed by atoms with E-state index in [0.29, 0.717) is 0 Å². The highest BCUT2D eigenvalue weighted by Crippen LogP contribution is 2.41. The first-order valence-electron chi connectivity index (χ1n) is 16.7. The molecule has 0 spiro atoms. The van der Waals surface area contributed by atoms with E-state index in [4.69, 9.17) is 9.97 Å². The predicted octanol–water partition coefficient (Wildman–Crippen LogP) is 12.0. The van der Waals surface area contributed by atoms with Crippen LogP contribution in [0.3, 0.4) is 0 Å². The highest BCUT2D eigenvalue weighted by atomic mass is 15.0. The average Bonchev–Trinajstić information content (AvgIpc) is 3.53. The van der Waals surface area contributed by atoms with E-state index in [1.165, 1.54) is 43.4 Å². The third-order valence-corrected chi connectivity index (χ3v) is 9.74. The molecule has 0 atom stereocenters. The first kappa shape index (κ1) is 27.5. The van der Waals surface area contributed by atoms with Crippen molar-refractivity contribution < 1.29 is 0 Å². The van der Waals surface area contributed by atoms with Crippen LogP contribution in [-0.2, 0) is 0 Å². The van der Waals surface area contributed by atoms with E-state index in [9.17, 15) is 0 Å². The van der Waals surface area contributed by atoms with Crippen molar-refractivity contribution in [3.05, 3.63) is 176 Å². The smallest absolute Gasteiger partial charge is 0.0973 e. The highest BCUT2D eigenvalue weighted by molar-refractivity contribution is 6.28. The SMILES string of the molecule is c1ccc(-c2nc3ccc(-c4cccc(-n5c6ccc7ccccc7c6c6c7ccccc7ccc65)c4)cc3nc2-c2ccccc2)cc1. The number of nitrogens with zero attached hydrogens (tertiary/aromatic N) is 3. The van der Waals surface area contributed by atoms with Crippen LogP contribution in [0.25, 0.3) is 93.7 Å². The Balaban J connectivity index is 1.17. The Bertz CT molecular complexity index is 2780. The van der Waals surface area contributed by atoms with Crippen LogP contribution in [0, 0.1) is 0 Å². The van der Waals surface area contributed by atoms with Gasteiger partial charge in [0.25, 0.3) is 0 Å².